The van der Waals surface area contributed by atoms with Crippen LogP contribution in [0, 0.1) is 0 Å². The number of benzene rings is 2. The number of fused-ring (bicyclic) bond motifs is 1. The van der Waals surface area contributed by atoms with Crippen molar-refractivity contribution in [2.45, 2.75) is 26.3 Å². The van der Waals surface area contributed by atoms with Crippen molar-refractivity contribution in [1.29, 1.82) is 0 Å². The van der Waals surface area contributed by atoms with Gasteiger partial charge in [0, 0.05) is 18.3 Å². The van der Waals surface area contributed by atoms with Crippen LogP contribution >= 0.6 is 0 Å². The molecular formula is C21H22N4O2. The summed E-state index contributed by atoms with van der Waals surface area (Å²) in [6, 6.07) is 16.2. The molecule has 6 nitrogen and oxygen atoms in total. The average molecular weight is 362 g/mol. The maximum atomic E-state index is 5.41. The van der Waals surface area contributed by atoms with Gasteiger partial charge in [0.2, 0.25) is 6.79 Å². The van der Waals surface area contributed by atoms with Crippen molar-refractivity contribution < 1.29 is 9.47 Å². The van der Waals surface area contributed by atoms with Crippen LogP contribution in [0.1, 0.15) is 30.9 Å². The molecule has 138 valence electrons. The van der Waals surface area contributed by atoms with E-state index in [2.05, 4.69) is 58.7 Å². The van der Waals surface area contributed by atoms with Crippen molar-refractivity contribution in [2.75, 3.05) is 17.4 Å². The van der Waals surface area contributed by atoms with E-state index in [4.69, 9.17) is 9.47 Å². The molecule has 0 saturated carbocycles. The maximum Gasteiger partial charge on any atom is 0.231 e. The zero-order chi connectivity index (χ0) is 18.6. The smallest absolute Gasteiger partial charge is 0.231 e. The van der Waals surface area contributed by atoms with E-state index in [1.165, 1.54) is 5.56 Å². The minimum Gasteiger partial charge on any atom is -0.454 e. The predicted octanol–water partition coefficient (Wildman–Crippen LogP) is 4.68. The van der Waals surface area contributed by atoms with Crippen LogP contribution < -0.4 is 20.1 Å². The Bertz CT molecular complexity index is 926. The average Bonchev–Trinajstić information content (AvgIpc) is 3.15. The van der Waals surface area contributed by atoms with Crippen molar-refractivity contribution in [2.24, 2.45) is 0 Å². The normalized spacial score (nSPS) is 12.3. The number of hydrogen-bond donors (Lipinski definition) is 2. The molecule has 0 bridgehead atoms. The second-order valence-corrected chi connectivity index (χ2v) is 6.73. The van der Waals surface area contributed by atoms with E-state index in [1.807, 2.05) is 24.3 Å². The summed E-state index contributed by atoms with van der Waals surface area (Å²) in [5.74, 6) is 3.59. The van der Waals surface area contributed by atoms with Crippen molar-refractivity contribution in [3.8, 4) is 11.5 Å². The summed E-state index contributed by atoms with van der Waals surface area (Å²) in [4.78, 5) is 8.58. The number of ether oxygens (including phenoxy) is 2. The van der Waals surface area contributed by atoms with Gasteiger partial charge in [-0.3, -0.25) is 0 Å². The van der Waals surface area contributed by atoms with Gasteiger partial charge in [0.05, 0.1) is 0 Å². The van der Waals surface area contributed by atoms with Crippen LogP contribution in [-0.2, 0) is 6.54 Å². The van der Waals surface area contributed by atoms with E-state index in [9.17, 15) is 0 Å². The van der Waals surface area contributed by atoms with Gasteiger partial charge < -0.3 is 20.1 Å². The zero-order valence-corrected chi connectivity index (χ0v) is 15.4. The van der Waals surface area contributed by atoms with Gasteiger partial charge in [0.25, 0.3) is 0 Å². The number of nitrogens with zero attached hydrogens (tertiary/aromatic N) is 2. The summed E-state index contributed by atoms with van der Waals surface area (Å²) in [7, 11) is 0. The van der Waals surface area contributed by atoms with E-state index in [0.29, 0.717) is 12.5 Å². The highest BCUT2D eigenvalue weighted by Crippen LogP contribution is 2.32. The van der Waals surface area contributed by atoms with Gasteiger partial charge in [-0.15, -0.1) is 0 Å². The molecule has 0 atom stereocenters. The largest absolute Gasteiger partial charge is 0.454 e. The molecule has 6 heteroatoms. The SMILES string of the molecule is CC(C)c1ccc(Nc2cc(NCc3ccc4c(c3)OCO4)ncn2)cc1. The summed E-state index contributed by atoms with van der Waals surface area (Å²) in [6.07, 6.45) is 1.55. The zero-order valence-electron chi connectivity index (χ0n) is 15.4. The van der Waals surface area contributed by atoms with Gasteiger partial charge in [-0.1, -0.05) is 32.0 Å². The van der Waals surface area contributed by atoms with Crippen molar-refractivity contribution in [3.05, 3.63) is 66.0 Å². The van der Waals surface area contributed by atoms with Gasteiger partial charge in [0.15, 0.2) is 11.5 Å². The van der Waals surface area contributed by atoms with Crippen molar-refractivity contribution in [3.63, 3.8) is 0 Å². The highest BCUT2D eigenvalue weighted by molar-refractivity contribution is 5.59. The Morgan fingerprint density at radius 3 is 2.52 bits per heavy atom. The Balaban J connectivity index is 1.40. The number of nitrogens with one attached hydrogen (secondary N) is 2. The van der Waals surface area contributed by atoms with Gasteiger partial charge in [-0.2, -0.15) is 0 Å². The molecule has 1 aliphatic heterocycles. The second kappa shape index (κ2) is 7.53. The first-order chi connectivity index (χ1) is 13.2. The van der Waals surface area contributed by atoms with Gasteiger partial charge in [-0.25, -0.2) is 9.97 Å². The Kier molecular flexibility index (Phi) is 4.78. The topological polar surface area (TPSA) is 68.3 Å². The third-order valence-corrected chi connectivity index (χ3v) is 4.43. The van der Waals surface area contributed by atoms with Crippen LogP contribution in [0.25, 0.3) is 0 Å². The minimum absolute atomic E-state index is 0.283. The van der Waals surface area contributed by atoms with E-state index < -0.39 is 0 Å². The highest BCUT2D eigenvalue weighted by Gasteiger charge is 2.13. The Hall–Kier alpha value is -3.28. The van der Waals surface area contributed by atoms with E-state index >= 15 is 0 Å². The summed E-state index contributed by atoms with van der Waals surface area (Å²) in [5.41, 5.74) is 3.41. The monoisotopic (exact) mass is 362 g/mol. The third-order valence-electron chi connectivity index (χ3n) is 4.43. The number of rotatable bonds is 6. The van der Waals surface area contributed by atoms with Gasteiger partial charge in [-0.05, 0) is 41.3 Å². The van der Waals surface area contributed by atoms with E-state index in [0.717, 1.165) is 34.4 Å². The summed E-state index contributed by atoms with van der Waals surface area (Å²) >= 11 is 0. The first kappa shape index (κ1) is 17.1. The highest BCUT2D eigenvalue weighted by atomic mass is 16.7. The molecule has 0 spiro atoms. The van der Waals surface area contributed by atoms with Crippen LogP contribution in [0.4, 0.5) is 17.3 Å². The molecule has 2 aromatic carbocycles. The van der Waals surface area contributed by atoms with Gasteiger partial charge in [0.1, 0.15) is 18.0 Å². The molecule has 0 saturated heterocycles. The molecule has 0 fully saturated rings. The molecule has 1 aliphatic rings. The van der Waals surface area contributed by atoms with Crippen LogP contribution in [0.3, 0.4) is 0 Å². The lowest BCUT2D eigenvalue weighted by molar-refractivity contribution is 0.174. The Labute approximate surface area is 158 Å². The summed E-state index contributed by atoms with van der Waals surface area (Å²) < 4.78 is 10.8. The lowest BCUT2D eigenvalue weighted by Crippen LogP contribution is -2.03. The fourth-order valence-electron chi connectivity index (χ4n) is 2.87. The molecule has 3 aromatic rings. The number of aromatic nitrogens is 2. The fourth-order valence-corrected chi connectivity index (χ4v) is 2.87. The quantitative estimate of drug-likeness (QED) is 0.663. The molecule has 4 rings (SSSR count). The number of hydrogen-bond acceptors (Lipinski definition) is 6. The molecular weight excluding hydrogens is 340 g/mol. The summed E-state index contributed by atoms with van der Waals surface area (Å²) in [6.45, 7) is 5.29. The number of anilines is 3. The molecule has 0 amide bonds. The molecule has 0 radical (unpaired) electrons. The minimum atomic E-state index is 0.283. The fraction of sp³-hybridized carbons (Fsp3) is 0.238. The Morgan fingerprint density at radius 2 is 1.70 bits per heavy atom. The van der Waals surface area contributed by atoms with Crippen LogP contribution in [-0.4, -0.2) is 16.8 Å². The van der Waals surface area contributed by atoms with E-state index in [1.54, 1.807) is 6.33 Å². The molecule has 0 aliphatic carbocycles. The Morgan fingerprint density at radius 1 is 0.926 bits per heavy atom. The molecule has 2 N–H and O–H groups in total. The van der Waals surface area contributed by atoms with Crippen LogP contribution in [0.15, 0.2) is 54.9 Å². The molecule has 2 heterocycles. The maximum absolute atomic E-state index is 5.41. The van der Waals surface area contributed by atoms with E-state index in [-0.39, 0.29) is 6.79 Å². The molecule has 1 aromatic heterocycles. The molecule has 27 heavy (non-hydrogen) atoms. The van der Waals surface area contributed by atoms with Crippen LogP contribution in [0.5, 0.6) is 11.5 Å². The molecule has 0 unspecified atom stereocenters. The van der Waals surface area contributed by atoms with Crippen molar-refractivity contribution >= 4 is 17.3 Å². The second-order valence-electron chi connectivity index (χ2n) is 6.73. The first-order valence-corrected chi connectivity index (χ1v) is 8.99. The first-order valence-electron chi connectivity index (χ1n) is 8.99. The van der Waals surface area contributed by atoms with Gasteiger partial charge >= 0.3 is 0 Å². The predicted molar refractivity (Wildman–Crippen MR) is 106 cm³/mol. The third kappa shape index (κ3) is 4.11. The standard InChI is InChI=1S/C21H22N4O2/c1-14(2)16-4-6-17(7-5-16)25-21-10-20(23-12-24-21)22-11-15-3-8-18-19(9-15)27-13-26-18/h3-10,12,14H,11,13H2,1-2H3,(H2,22,23,24,25). The lowest BCUT2D eigenvalue weighted by Gasteiger charge is -2.10. The lowest BCUT2D eigenvalue weighted by atomic mass is 10.0. The van der Waals surface area contributed by atoms with Crippen LogP contribution in [0.2, 0.25) is 0 Å². The van der Waals surface area contributed by atoms with Crippen molar-refractivity contribution in [1.82, 2.24) is 9.97 Å². The summed E-state index contributed by atoms with van der Waals surface area (Å²) in [5, 5.41) is 6.63.